The quantitative estimate of drug-likeness (QED) is 0.282. The van der Waals surface area contributed by atoms with Gasteiger partial charge in [0.15, 0.2) is 5.78 Å². The average molecular weight is 240 g/mol. The molecule has 0 bridgehead atoms. The molecule has 6 nitrogen and oxygen atoms in total. The van der Waals surface area contributed by atoms with E-state index in [2.05, 4.69) is 0 Å². The van der Waals surface area contributed by atoms with Gasteiger partial charge >= 0.3 is 0 Å². The molecule has 16 heavy (non-hydrogen) atoms. The molecule has 0 aliphatic rings. The minimum atomic E-state index is -0.767. The molecule has 1 aromatic carbocycles. The lowest BCUT2D eigenvalue weighted by molar-refractivity contribution is -0.385. The van der Waals surface area contributed by atoms with Crippen molar-refractivity contribution >= 4 is 28.8 Å². The van der Waals surface area contributed by atoms with Gasteiger partial charge in [-0.2, -0.15) is 5.26 Å². The summed E-state index contributed by atoms with van der Waals surface area (Å²) in [5, 5.41) is 19.3. The first-order valence-electron chi connectivity index (χ1n) is 4.08. The van der Waals surface area contributed by atoms with Gasteiger partial charge in [0, 0.05) is 6.07 Å². The van der Waals surface area contributed by atoms with Crippen LogP contribution >= 0.6 is 11.6 Å². The third-order valence-electron chi connectivity index (χ3n) is 1.87. The van der Waals surface area contributed by atoms with Crippen LogP contribution in [-0.2, 0) is 0 Å². The van der Waals surface area contributed by atoms with Crippen LogP contribution in [0.15, 0.2) is 12.1 Å². The van der Waals surface area contributed by atoms with Gasteiger partial charge in [0.2, 0.25) is 0 Å². The van der Waals surface area contributed by atoms with Crippen LogP contribution in [0, 0.1) is 21.4 Å². The number of nitro benzene ring substituents is 1. The molecule has 0 aromatic heterocycles. The van der Waals surface area contributed by atoms with E-state index in [1.165, 1.54) is 6.07 Å². The van der Waals surface area contributed by atoms with Crippen molar-refractivity contribution in [2.45, 2.75) is 0 Å². The van der Waals surface area contributed by atoms with E-state index < -0.39 is 22.3 Å². The summed E-state index contributed by atoms with van der Waals surface area (Å²) in [6.45, 7) is 0. The lowest BCUT2D eigenvalue weighted by Gasteiger charge is -2.04. The molecule has 1 rings (SSSR count). The summed E-state index contributed by atoms with van der Waals surface area (Å²) < 4.78 is 0. The number of nitriles is 1. The topological polar surface area (TPSA) is 110 Å². The minimum absolute atomic E-state index is 0.0234. The molecule has 0 radical (unpaired) electrons. The van der Waals surface area contributed by atoms with Gasteiger partial charge in [0.25, 0.3) is 5.69 Å². The van der Waals surface area contributed by atoms with Crippen LogP contribution in [0.5, 0.6) is 0 Å². The number of anilines is 1. The highest BCUT2D eigenvalue weighted by Crippen LogP contribution is 2.27. The predicted molar refractivity (Wildman–Crippen MR) is 57.3 cm³/mol. The summed E-state index contributed by atoms with van der Waals surface area (Å²) in [6.07, 6.45) is 0. The summed E-state index contributed by atoms with van der Waals surface area (Å²) in [5.41, 5.74) is 4.64. The van der Waals surface area contributed by atoms with Crippen LogP contribution in [0.1, 0.15) is 15.9 Å². The smallest absolute Gasteiger partial charge is 0.283 e. The maximum Gasteiger partial charge on any atom is 0.283 e. The molecule has 0 amide bonds. The number of carbonyl (C=O) groups is 1. The van der Waals surface area contributed by atoms with E-state index in [0.29, 0.717) is 0 Å². The third kappa shape index (κ3) is 2.10. The van der Waals surface area contributed by atoms with E-state index >= 15 is 0 Å². The van der Waals surface area contributed by atoms with Gasteiger partial charge in [-0.25, -0.2) is 0 Å². The number of Topliss-reactive ketones (excluding diaryl/α,β-unsaturated/α-hetero) is 1. The molecule has 0 heterocycles. The molecule has 0 aliphatic carbocycles. The average Bonchev–Trinajstić information content (AvgIpc) is 2.26. The summed E-state index contributed by atoms with van der Waals surface area (Å²) in [6, 6.07) is 3.92. The van der Waals surface area contributed by atoms with Crippen LogP contribution in [0.2, 0.25) is 0 Å². The normalized spacial score (nSPS) is 9.50. The zero-order chi connectivity index (χ0) is 12.3. The second-order valence-corrected chi connectivity index (χ2v) is 3.15. The zero-order valence-corrected chi connectivity index (χ0v) is 8.69. The Bertz CT molecular complexity index is 507. The largest absolute Gasteiger partial charge is 0.398 e. The molecule has 1 aromatic rings. The Balaban J connectivity index is 3.53. The van der Waals surface area contributed by atoms with E-state index in [4.69, 9.17) is 22.6 Å². The number of rotatable bonds is 3. The van der Waals surface area contributed by atoms with Crippen molar-refractivity contribution in [2.75, 3.05) is 11.6 Å². The fourth-order valence-corrected chi connectivity index (χ4v) is 1.36. The summed E-state index contributed by atoms with van der Waals surface area (Å²) in [5.74, 6) is -1.05. The first-order chi connectivity index (χ1) is 7.51. The predicted octanol–water partition coefficient (Wildman–Crippen LogP) is 1.47. The molecule has 0 saturated carbocycles. The number of nitrogen functional groups attached to an aromatic ring is 1. The van der Waals surface area contributed by atoms with Crippen molar-refractivity contribution in [3.8, 4) is 6.07 Å². The van der Waals surface area contributed by atoms with Gasteiger partial charge in [-0.3, -0.25) is 14.9 Å². The molecule has 2 N–H and O–H groups in total. The molecule has 0 fully saturated rings. The number of hydrogen-bond acceptors (Lipinski definition) is 5. The third-order valence-corrected chi connectivity index (χ3v) is 2.12. The van der Waals surface area contributed by atoms with E-state index in [9.17, 15) is 14.9 Å². The summed E-state index contributed by atoms with van der Waals surface area (Å²) in [7, 11) is 0. The maximum absolute atomic E-state index is 11.4. The first kappa shape index (κ1) is 11.9. The van der Waals surface area contributed by atoms with Crippen LogP contribution in [0.4, 0.5) is 11.4 Å². The molecule has 0 spiro atoms. The van der Waals surface area contributed by atoms with Crippen molar-refractivity contribution in [1.82, 2.24) is 0 Å². The highest BCUT2D eigenvalue weighted by Gasteiger charge is 2.23. The van der Waals surface area contributed by atoms with Gasteiger partial charge in [-0.05, 0) is 6.07 Å². The van der Waals surface area contributed by atoms with Crippen LogP contribution in [-0.4, -0.2) is 16.6 Å². The summed E-state index contributed by atoms with van der Waals surface area (Å²) >= 11 is 5.32. The standard InChI is InChI=1S/C9H6ClN3O3/c10-3-8(14)9-6(12)1-5(4-11)2-7(9)13(15)16/h1-2H,3,12H2. The van der Waals surface area contributed by atoms with Gasteiger partial charge in [-0.1, -0.05) is 0 Å². The first-order valence-corrected chi connectivity index (χ1v) is 4.62. The Morgan fingerprint density at radius 1 is 1.62 bits per heavy atom. The highest BCUT2D eigenvalue weighted by atomic mass is 35.5. The van der Waals surface area contributed by atoms with Gasteiger partial charge in [0.05, 0.1) is 28.1 Å². The fourth-order valence-electron chi connectivity index (χ4n) is 1.23. The lowest BCUT2D eigenvalue weighted by Crippen LogP contribution is -2.09. The van der Waals surface area contributed by atoms with Crippen LogP contribution in [0.3, 0.4) is 0 Å². The van der Waals surface area contributed by atoms with E-state index in [1.54, 1.807) is 6.07 Å². The molecule has 7 heteroatoms. The van der Waals surface area contributed by atoms with Crippen LogP contribution in [0.25, 0.3) is 0 Å². The monoisotopic (exact) mass is 239 g/mol. The van der Waals surface area contributed by atoms with Gasteiger partial charge in [0.1, 0.15) is 5.56 Å². The zero-order valence-electron chi connectivity index (χ0n) is 7.94. The SMILES string of the molecule is N#Cc1cc(N)c(C(=O)CCl)c([N+](=O)[O-])c1. The minimum Gasteiger partial charge on any atom is -0.398 e. The molecule has 0 atom stereocenters. The lowest BCUT2D eigenvalue weighted by atomic mass is 10.0. The van der Waals surface area contributed by atoms with Crippen molar-refractivity contribution in [1.29, 1.82) is 5.26 Å². The van der Waals surface area contributed by atoms with Crippen molar-refractivity contribution in [3.63, 3.8) is 0 Å². The highest BCUT2D eigenvalue weighted by molar-refractivity contribution is 6.31. The second-order valence-electron chi connectivity index (χ2n) is 2.89. The Labute approximate surface area is 95.4 Å². The number of halogens is 1. The summed E-state index contributed by atoms with van der Waals surface area (Å²) in [4.78, 5) is 21.3. The maximum atomic E-state index is 11.4. The molecule has 0 unspecified atom stereocenters. The van der Waals surface area contributed by atoms with E-state index in [1.807, 2.05) is 0 Å². The molecular formula is C9H6ClN3O3. The number of ketones is 1. The van der Waals surface area contributed by atoms with Crippen molar-refractivity contribution in [2.24, 2.45) is 0 Å². The number of nitrogens with zero attached hydrogens (tertiary/aromatic N) is 2. The second kappa shape index (κ2) is 4.59. The van der Waals surface area contributed by atoms with Crippen LogP contribution < -0.4 is 5.73 Å². The molecule has 82 valence electrons. The number of nitrogens with two attached hydrogens (primary N) is 1. The van der Waals surface area contributed by atoms with E-state index in [0.717, 1.165) is 6.07 Å². The molecule has 0 saturated heterocycles. The Kier molecular flexibility index (Phi) is 3.43. The van der Waals surface area contributed by atoms with Gasteiger partial charge < -0.3 is 5.73 Å². The Hall–Kier alpha value is -2.13. The number of hydrogen-bond donors (Lipinski definition) is 1. The van der Waals surface area contributed by atoms with E-state index in [-0.39, 0.29) is 16.8 Å². The van der Waals surface area contributed by atoms with Gasteiger partial charge in [-0.15, -0.1) is 11.6 Å². The van der Waals surface area contributed by atoms with Crippen molar-refractivity contribution < 1.29 is 9.72 Å². The number of nitro groups is 1. The molecular weight excluding hydrogens is 234 g/mol. The fraction of sp³-hybridized carbons (Fsp3) is 0.111. The Morgan fingerprint density at radius 2 is 2.25 bits per heavy atom. The van der Waals surface area contributed by atoms with Crippen molar-refractivity contribution in [3.05, 3.63) is 33.4 Å². The molecule has 0 aliphatic heterocycles. The number of benzene rings is 1. The number of carbonyl (C=O) groups excluding carboxylic acids is 1. The number of alkyl halides is 1. The Morgan fingerprint density at radius 3 is 2.69 bits per heavy atom.